The normalized spacial score (nSPS) is 14.8. The summed E-state index contributed by atoms with van der Waals surface area (Å²) in [5.41, 5.74) is 1.09. The Morgan fingerprint density at radius 2 is 1.78 bits per heavy atom. The van der Waals surface area contributed by atoms with Gasteiger partial charge < -0.3 is 14.5 Å². The average molecular weight is 314 g/mol. The van der Waals surface area contributed by atoms with Crippen LogP contribution in [0.25, 0.3) is 10.9 Å². The molecule has 3 rings (SSSR count). The summed E-state index contributed by atoms with van der Waals surface area (Å²) in [5.74, 6) is -0.160. The highest BCUT2D eigenvalue weighted by Crippen LogP contribution is 2.13. The first-order valence-electron chi connectivity index (χ1n) is 7.62. The quantitative estimate of drug-likeness (QED) is 0.840. The van der Waals surface area contributed by atoms with E-state index in [2.05, 4.69) is 10.2 Å². The molecule has 7 heteroatoms. The molecule has 2 aromatic rings. The topological polar surface area (TPSA) is 75.6 Å². The van der Waals surface area contributed by atoms with Crippen LogP contribution in [0.4, 0.5) is 4.79 Å². The monoisotopic (exact) mass is 314 g/mol. The van der Waals surface area contributed by atoms with Gasteiger partial charge in [0, 0.05) is 31.6 Å². The highest BCUT2D eigenvalue weighted by atomic mass is 16.6. The van der Waals surface area contributed by atoms with Gasteiger partial charge in [0.1, 0.15) is 0 Å². The molecule has 1 aromatic carbocycles. The number of hydrogen-bond acceptors (Lipinski definition) is 5. The Morgan fingerprint density at radius 3 is 2.52 bits per heavy atom. The summed E-state index contributed by atoms with van der Waals surface area (Å²) in [4.78, 5) is 27.5. The molecule has 1 saturated heterocycles. The molecule has 1 aliphatic heterocycles. The lowest BCUT2D eigenvalue weighted by molar-refractivity contribution is 0.0565. The van der Waals surface area contributed by atoms with E-state index in [4.69, 9.17) is 4.74 Å². The lowest BCUT2D eigenvalue weighted by Crippen LogP contribution is -2.50. The molecular formula is C16H18N4O3. The van der Waals surface area contributed by atoms with Gasteiger partial charge in [-0.2, -0.15) is 0 Å². The van der Waals surface area contributed by atoms with Crippen molar-refractivity contribution in [2.45, 2.75) is 6.92 Å². The van der Waals surface area contributed by atoms with E-state index in [0.717, 1.165) is 10.9 Å². The lowest BCUT2D eigenvalue weighted by atomic mass is 10.2. The van der Waals surface area contributed by atoms with Gasteiger partial charge in [-0.1, -0.05) is 18.2 Å². The van der Waals surface area contributed by atoms with Crippen LogP contribution >= 0.6 is 0 Å². The van der Waals surface area contributed by atoms with Crippen molar-refractivity contribution < 1.29 is 14.3 Å². The maximum atomic E-state index is 12.5. The van der Waals surface area contributed by atoms with Gasteiger partial charge >= 0.3 is 6.09 Å². The van der Waals surface area contributed by atoms with Crippen LogP contribution in [-0.4, -0.2) is 64.8 Å². The van der Waals surface area contributed by atoms with Crippen molar-refractivity contribution in [3.63, 3.8) is 0 Å². The second-order valence-electron chi connectivity index (χ2n) is 5.27. The first kappa shape index (κ1) is 15.2. The molecule has 2 amide bonds. The zero-order valence-corrected chi connectivity index (χ0v) is 12.9. The number of amides is 2. The minimum absolute atomic E-state index is 0.160. The molecule has 1 aromatic heterocycles. The summed E-state index contributed by atoms with van der Waals surface area (Å²) in [6.07, 6.45) is -0.329. The fourth-order valence-corrected chi connectivity index (χ4v) is 2.56. The van der Waals surface area contributed by atoms with Gasteiger partial charge in [-0.3, -0.25) is 4.79 Å². The molecule has 1 aliphatic rings. The zero-order valence-electron chi connectivity index (χ0n) is 12.9. The van der Waals surface area contributed by atoms with Crippen molar-refractivity contribution in [1.29, 1.82) is 0 Å². The van der Waals surface area contributed by atoms with E-state index in [1.54, 1.807) is 22.8 Å². The molecule has 0 aliphatic carbocycles. The number of piperazine rings is 1. The lowest BCUT2D eigenvalue weighted by Gasteiger charge is -2.33. The fourth-order valence-electron chi connectivity index (χ4n) is 2.56. The van der Waals surface area contributed by atoms with Gasteiger partial charge in [-0.15, -0.1) is 10.2 Å². The third-order valence-corrected chi connectivity index (χ3v) is 3.81. The van der Waals surface area contributed by atoms with E-state index < -0.39 is 0 Å². The Labute approximate surface area is 133 Å². The van der Waals surface area contributed by atoms with Crippen LogP contribution in [-0.2, 0) is 4.74 Å². The summed E-state index contributed by atoms with van der Waals surface area (Å²) in [6.45, 7) is 3.98. The molecule has 23 heavy (non-hydrogen) atoms. The summed E-state index contributed by atoms with van der Waals surface area (Å²) in [5, 5.41) is 8.99. The molecule has 0 saturated carbocycles. The van der Waals surface area contributed by atoms with E-state index in [-0.39, 0.29) is 12.0 Å². The predicted molar refractivity (Wildman–Crippen MR) is 84.0 cm³/mol. The summed E-state index contributed by atoms with van der Waals surface area (Å²) in [6, 6.07) is 9.29. The highest BCUT2D eigenvalue weighted by molar-refractivity contribution is 5.95. The molecule has 0 bridgehead atoms. The Kier molecular flexibility index (Phi) is 4.36. The van der Waals surface area contributed by atoms with Crippen LogP contribution in [0.5, 0.6) is 0 Å². The second kappa shape index (κ2) is 6.60. The molecule has 0 spiro atoms. The Morgan fingerprint density at radius 1 is 1.09 bits per heavy atom. The molecule has 0 radical (unpaired) electrons. The van der Waals surface area contributed by atoms with E-state index >= 15 is 0 Å². The highest BCUT2D eigenvalue weighted by Gasteiger charge is 2.26. The molecule has 7 nitrogen and oxygen atoms in total. The number of ether oxygens (including phenoxy) is 1. The van der Waals surface area contributed by atoms with E-state index in [1.165, 1.54) is 0 Å². The predicted octanol–water partition coefficient (Wildman–Crippen LogP) is 1.54. The van der Waals surface area contributed by atoms with Crippen LogP contribution in [0, 0.1) is 0 Å². The van der Waals surface area contributed by atoms with Gasteiger partial charge in [0.2, 0.25) is 0 Å². The first-order valence-corrected chi connectivity index (χ1v) is 7.62. The van der Waals surface area contributed by atoms with Crippen molar-refractivity contribution in [2.75, 3.05) is 32.8 Å². The van der Waals surface area contributed by atoms with Crippen LogP contribution < -0.4 is 0 Å². The number of benzene rings is 1. The van der Waals surface area contributed by atoms with Gasteiger partial charge in [0.15, 0.2) is 5.69 Å². The maximum absolute atomic E-state index is 12.5. The first-order chi connectivity index (χ1) is 11.2. The molecule has 120 valence electrons. The largest absolute Gasteiger partial charge is 0.450 e. The number of hydrogen-bond donors (Lipinski definition) is 0. The molecule has 2 heterocycles. The standard InChI is InChI=1S/C16H18N4O3/c1-2-23-16(22)20-9-7-19(8-10-20)15(21)14-11-12-5-3-4-6-13(12)17-18-14/h3-6,11H,2,7-10H2,1H3. The maximum Gasteiger partial charge on any atom is 0.409 e. The number of carbonyl (C=O) groups is 2. The van der Waals surface area contributed by atoms with Crippen LogP contribution in [0.3, 0.4) is 0 Å². The van der Waals surface area contributed by atoms with Crippen molar-refractivity contribution >= 4 is 22.9 Å². The molecule has 1 fully saturated rings. The van der Waals surface area contributed by atoms with Gasteiger partial charge in [-0.05, 0) is 19.1 Å². The van der Waals surface area contributed by atoms with Gasteiger partial charge in [0.25, 0.3) is 5.91 Å². The summed E-state index contributed by atoms with van der Waals surface area (Å²) in [7, 11) is 0. The average Bonchev–Trinajstić information content (AvgIpc) is 2.61. The van der Waals surface area contributed by atoms with Crippen molar-refractivity contribution in [2.24, 2.45) is 0 Å². The Balaban J connectivity index is 1.67. The number of carbonyl (C=O) groups excluding carboxylic acids is 2. The van der Waals surface area contributed by atoms with E-state index in [0.29, 0.717) is 38.5 Å². The Hall–Kier alpha value is -2.70. The van der Waals surface area contributed by atoms with Crippen molar-refractivity contribution in [3.8, 4) is 0 Å². The van der Waals surface area contributed by atoms with Crippen LogP contribution in [0.15, 0.2) is 30.3 Å². The van der Waals surface area contributed by atoms with Gasteiger partial charge in [-0.25, -0.2) is 4.79 Å². The molecular weight excluding hydrogens is 296 g/mol. The molecule has 0 atom stereocenters. The third-order valence-electron chi connectivity index (χ3n) is 3.81. The van der Waals surface area contributed by atoms with Gasteiger partial charge in [0.05, 0.1) is 12.1 Å². The van der Waals surface area contributed by atoms with Crippen LogP contribution in [0.2, 0.25) is 0 Å². The second-order valence-corrected chi connectivity index (χ2v) is 5.27. The van der Waals surface area contributed by atoms with E-state index in [9.17, 15) is 9.59 Å². The van der Waals surface area contributed by atoms with Crippen LogP contribution in [0.1, 0.15) is 17.4 Å². The van der Waals surface area contributed by atoms with Crippen molar-refractivity contribution in [3.05, 3.63) is 36.0 Å². The zero-order chi connectivity index (χ0) is 16.2. The third kappa shape index (κ3) is 3.23. The number of aromatic nitrogens is 2. The fraction of sp³-hybridized carbons (Fsp3) is 0.375. The minimum atomic E-state index is -0.329. The SMILES string of the molecule is CCOC(=O)N1CCN(C(=O)c2cc3ccccc3nn2)CC1. The summed E-state index contributed by atoms with van der Waals surface area (Å²) >= 11 is 0. The van der Waals surface area contributed by atoms with E-state index in [1.807, 2.05) is 24.3 Å². The Bertz CT molecular complexity index is 726. The molecule has 0 N–H and O–H groups in total. The number of fused-ring (bicyclic) bond motifs is 1. The smallest absolute Gasteiger partial charge is 0.409 e. The van der Waals surface area contributed by atoms with Crippen molar-refractivity contribution in [1.82, 2.24) is 20.0 Å². The number of nitrogens with zero attached hydrogens (tertiary/aromatic N) is 4. The molecule has 0 unspecified atom stereocenters. The minimum Gasteiger partial charge on any atom is -0.450 e. The summed E-state index contributed by atoms with van der Waals surface area (Å²) < 4.78 is 4.97. The number of rotatable bonds is 2.